The van der Waals surface area contributed by atoms with Gasteiger partial charge >= 0.3 is 54.2 Å². The van der Waals surface area contributed by atoms with Gasteiger partial charge in [-0.05, 0) is 89.5 Å². The van der Waals surface area contributed by atoms with Crippen LogP contribution in [0.1, 0.15) is 16.7 Å². The molecule has 0 bridgehead atoms. The van der Waals surface area contributed by atoms with Crippen LogP contribution in [0.15, 0.2) is 174 Å². The van der Waals surface area contributed by atoms with Crippen LogP contribution in [0.25, 0.3) is 33.5 Å². The Balaban J connectivity index is 0.000000190. The van der Waals surface area contributed by atoms with Crippen molar-refractivity contribution in [3.05, 3.63) is 240 Å². The van der Waals surface area contributed by atoms with E-state index < -0.39 is 70.1 Å². The molecular weight excluding hydrogens is 1800 g/mol. The van der Waals surface area contributed by atoms with Gasteiger partial charge in [-0.15, -0.1) is 39.5 Å². The van der Waals surface area contributed by atoms with Crippen molar-refractivity contribution in [1.82, 2.24) is 56.5 Å². The first-order valence-electron chi connectivity index (χ1n) is 33.7. The van der Waals surface area contributed by atoms with Gasteiger partial charge in [0, 0.05) is 76.9 Å². The Morgan fingerprint density at radius 3 is 1.01 bits per heavy atom. The second-order valence-corrected chi connectivity index (χ2v) is 27.5. The second kappa shape index (κ2) is 40.6. The molecule has 0 atom stereocenters. The number of aryl methyl sites for hydroxylation is 3. The van der Waals surface area contributed by atoms with Crippen LogP contribution in [0.5, 0.6) is 52.5 Å². The molecule has 12 aromatic rings. The van der Waals surface area contributed by atoms with Gasteiger partial charge in [0.15, 0.2) is 33.5 Å². The standard InChI is InChI=1S/C24H21BrClF3N4O5.C24H23ClF3N5O5.C20H14ClF3N4O4.C4H8Br2O/c1-31-20-19(21(34)32(23(31)35)10-12-36-11-9-25)33(14-15-5-7-16(26)8-6-15)22(30-20)37-17-3-2-4-18(13-17)38-24(27,28)29;1-31-20-19(21(34)32(23(31)35)10-12-36-11-9-29)33(14-15-5-7-16(25)8-6-15)22(30-20)37-17-3-2-4-18(13-17)38-24(26,27)28;1-27-16-15(17(29)26-18(27)30)28(10-11-5-7-12(21)8-6-11)19(25-16)31-13-3-2-4-14(9-13)32-20(22,23)24;5-1-3-7-4-2-6/h2-8,13H,9-12,14H2,1H3;2-8,13H,9-12,14,29H2,1H3;2-9H,10H2,1H3,(H,26,29,30);1-4H2. The third-order valence-electron chi connectivity index (χ3n) is 15.7. The molecule has 115 heavy (non-hydrogen) atoms. The highest BCUT2D eigenvalue weighted by molar-refractivity contribution is 9.09. The minimum absolute atomic E-state index is 0.00753. The third kappa shape index (κ3) is 24.8. The first-order chi connectivity index (χ1) is 54.7. The molecule has 0 aliphatic rings. The summed E-state index contributed by atoms with van der Waals surface area (Å²) < 4.78 is 169. The molecule has 614 valence electrons. The highest BCUT2D eigenvalue weighted by atomic mass is 79.9. The fraction of sp³-hybridized carbons (Fsp3) is 0.292. The Kier molecular flexibility index (Phi) is 31.4. The van der Waals surface area contributed by atoms with E-state index in [1.807, 2.05) is 0 Å². The molecular formula is C72H66Br3Cl3F9N13O15. The maximum absolute atomic E-state index is 13.5. The predicted octanol–water partition coefficient (Wildman–Crippen LogP) is 13.6. The van der Waals surface area contributed by atoms with Crippen molar-refractivity contribution in [1.29, 1.82) is 0 Å². The largest absolute Gasteiger partial charge is 0.573 e. The summed E-state index contributed by atoms with van der Waals surface area (Å²) in [4.78, 5) is 92.6. The number of imidazole rings is 3. The van der Waals surface area contributed by atoms with E-state index in [0.717, 1.165) is 90.7 Å². The van der Waals surface area contributed by atoms with Crippen molar-refractivity contribution in [3.63, 3.8) is 0 Å². The monoisotopic (exact) mass is 1870 g/mol. The van der Waals surface area contributed by atoms with E-state index in [0.29, 0.717) is 27.0 Å². The molecule has 6 aromatic carbocycles. The molecule has 3 N–H and O–H groups in total. The predicted molar refractivity (Wildman–Crippen MR) is 418 cm³/mol. The summed E-state index contributed by atoms with van der Waals surface area (Å²) in [6, 6.07) is 34.7. The molecule has 0 saturated carbocycles. The number of halogens is 15. The SMILES string of the molecule is BrCCOCCBr.Cn1c(=O)[nH]c(=O)c2c1nc(Oc1cccc(OC(F)(F)F)c1)n2Cc1ccc(Cl)cc1.Cn1c(=O)n(CCOCCBr)c(=O)c2c1nc(Oc1cccc(OC(F)(F)F)c1)n2Cc1ccc(Cl)cc1.Cn1c(=O)n(CCOCCN)c(=O)c2c1nc(Oc1cccc(OC(F)(F)F)c1)n2Cc1ccc(Cl)cc1. The van der Waals surface area contributed by atoms with E-state index in [2.05, 4.69) is 81.9 Å². The number of nitrogens with zero attached hydrogens (tertiary/aromatic N) is 11. The number of ether oxygens (including phenoxy) is 9. The Hall–Kier alpha value is -9.91. The van der Waals surface area contributed by atoms with E-state index in [-0.39, 0.29) is 128 Å². The molecule has 0 aliphatic carbocycles. The summed E-state index contributed by atoms with van der Waals surface area (Å²) in [5.41, 5.74) is 4.07. The van der Waals surface area contributed by atoms with E-state index in [1.165, 1.54) is 80.4 Å². The summed E-state index contributed by atoms with van der Waals surface area (Å²) in [5, 5.41) is 3.99. The molecule has 43 heteroatoms. The Bertz CT molecular complexity index is 5470. The van der Waals surface area contributed by atoms with Crippen molar-refractivity contribution in [3.8, 4) is 52.5 Å². The van der Waals surface area contributed by atoms with Crippen molar-refractivity contribution in [2.24, 2.45) is 26.9 Å². The molecule has 0 saturated heterocycles. The maximum Gasteiger partial charge on any atom is 0.573 e. The van der Waals surface area contributed by atoms with Crippen LogP contribution in [-0.4, -0.2) is 138 Å². The Morgan fingerprint density at radius 2 is 0.696 bits per heavy atom. The van der Waals surface area contributed by atoms with Crippen LogP contribution in [0.3, 0.4) is 0 Å². The van der Waals surface area contributed by atoms with Crippen LogP contribution in [0.2, 0.25) is 15.1 Å². The summed E-state index contributed by atoms with van der Waals surface area (Å²) in [6.07, 6.45) is -14.6. The normalized spacial score (nSPS) is 11.6. The lowest BCUT2D eigenvalue weighted by Gasteiger charge is -2.13. The van der Waals surface area contributed by atoms with Crippen LogP contribution in [0.4, 0.5) is 39.5 Å². The smallest absolute Gasteiger partial charge is 0.425 e. The van der Waals surface area contributed by atoms with Crippen LogP contribution in [0, 0.1) is 0 Å². The third-order valence-corrected chi connectivity index (χ3v) is 17.4. The summed E-state index contributed by atoms with van der Waals surface area (Å²) >= 11 is 27.6. The zero-order valence-corrected chi connectivity index (χ0v) is 67.3. The van der Waals surface area contributed by atoms with Crippen molar-refractivity contribution in [2.45, 2.75) is 51.8 Å². The van der Waals surface area contributed by atoms with Gasteiger partial charge in [-0.25, -0.2) is 14.4 Å². The lowest BCUT2D eigenvalue weighted by atomic mass is 10.2. The first kappa shape index (κ1) is 89.0. The minimum atomic E-state index is -4.89. The van der Waals surface area contributed by atoms with Gasteiger partial charge in [-0.3, -0.25) is 55.9 Å². The molecule has 6 heterocycles. The van der Waals surface area contributed by atoms with Gasteiger partial charge in [0.05, 0.1) is 72.4 Å². The lowest BCUT2D eigenvalue weighted by Crippen LogP contribution is -2.40. The van der Waals surface area contributed by atoms with Gasteiger partial charge in [0.1, 0.15) is 34.5 Å². The van der Waals surface area contributed by atoms with Gasteiger partial charge in [-0.1, -0.05) is 137 Å². The average Bonchev–Trinajstić information content (AvgIpc) is 1.49. The van der Waals surface area contributed by atoms with E-state index in [9.17, 15) is 68.3 Å². The van der Waals surface area contributed by atoms with Gasteiger partial charge in [0.2, 0.25) is 0 Å². The van der Waals surface area contributed by atoms with E-state index >= 15 is 0 Å². The quantitative estimate of drug-likeness (QED) is 0.0250. The van der Waals surface area contributed by atoms with Gasteiger partial charge in [0.25, 0.3) is 16.7 Å². The Labute approximate surface area is 683 Å². The van der Waals surface area contributed by atoms with Crippen LogP contribution < -0.4 is 67.9 Å². The average molecular weight is 1870 g/mol. The van der Waals surface area contributed by atoms with Crippen molar-refractivity contribution in [2.75, 3.05) is 62.2 Å². The van der Waals surface area contributed by atoms with Crippen LogP contribution >= 0.6 is 82.6 Å². The number of hydrogen-bond donors (Lipinski definition) is 2. The van der Waals surface area contributed by atoms with Crippen molar-refractivity contribution >= 4 is 116 Å². The first-order valence-corrected chi connectivity index (χ1v) is 38.2. The number of nitrogens with one attached hydrogen (secondary N) is 1. The molecule has 28 nitrogen and oxygen atoms in total. The van der Waals surface area contributed by atoms with Gasteiger partial charge < -0.3 is 48.4 Å². The van der Waals surface area contributed by atoms with E-state index in [4.69, 9.17) is 69.0 Å². The Morgan fingerprint density at radius 1 is 0.400 bits per heavy atom. The number of nitrogens with two attached hydrogens (primary N) is 1. The molecule has 0 radical (unpaired) electrons. The number of alkyl halides is 12. The molecule has 0 spiro atoms. The summed E-state index contributed by atoms with van der Waals surface area (Å²) in [6.45, 7) is 3.06. The van der Waals surface area contributed by atoms with E-state index in [1.54, 1.807) is 72.8 Å². The molecule has 0 fully saturated rings. The number of rotatable bonds is 29. The zero-order chi connectivity index (χ0) is 83.5. The zero-order valence-electron chi connectivity index (χ0n) is 60.3. The maximum atomic E-state index is 13.5. The van der Waals surface area contributed by atoms with Crippen LogP contribution in [-0.2, 0) is 68.1 Å². The number of hydrogen-bond acceptors (Lipinski definition) is 19. The fourth-order valence-corrected chi connectivity index (χ4v) is 11.8. The van der Waals surface area contributed by atoms with Gasteiger partial charge in [-0.2, -0.15) is 15.0 Å². The fourth-order valence-electron chi connectivity index (χ4n) is 10.7. The molecule has 0 unspecified atom stereocenters. The van der Waals surface area contributed by atoms with Crippen molar-refractivity contribution < 1.29 is 82.1 Å². The number of benzene rings is 6. The number of H-pyrrole nitrogens is 1. The molecule has 0 aliphatic heterocycles. The molecule has 6 aromatic heterocycles. The highest BCUT2D eigenvalue weighted by Gasteiger charge is 2.34. The number of fused-ring (bicyclic) bond motifs is 3. The molecule has 0 amide bonds. The number of aromatic amines is 1. The summed E-state index contributed by atoms with van der Waals surface area (Å²) in [7, 11) is 4.32. The second-order valence-electron chi connectivity index (χ2n) is 23.8. The topological polar surface area (TPSA) is 305 Å². The lowest BCUT2D eigenvalue weighted by molar-refractivity contribution is -0.275. The highest BCUT2D eigenvalue weighted by Crippen LogP contribution is 2.35. The summed E-state index contributed by atoms with van der Waals surface area (Å²) in [5.74, 6) is -1.54. The molecule has 12 rings (SSSR count). The minimum Gasteiger partial charge on any atom is -0.425 e. The number of aromatic nitrogens is 12.